The zero-order chi connectivity index (χ0) is 14.4. The highest BCUT2D eigenvalue weighted by molar-refractivity contribution is 5.50. The molecule has 0 saturated heterocycles. The zero-order valence-corrected chi connectivity index (χ0v) is 10.2. The Morgan fingerprint density at radius 1 is 1.37 bits per heavy atom. The first-order valence-corrected chi connectivity index (χ1v) is 5.37. The fourth-order valence-electron chi connectivity index (χ4n) is 1.90. The number of halogens is 3. The molecule has 0 atom stereocenters. The van der Waals surface area contributed by atoms with Crippen LogP contribution in [-0.4, -0.2) is 14.5 Å². The summed E-state index contributed by atoms with van der Waals surface area (Å²) in [5.41, 5.74) is -3.02. The third-order valence-corrected chi connectivity index (χ3v) is 2.60. The number of alkyl halides is 3. The van der Waals surface area contributed by atoms with Crippen LogP contribution in [0.3, 0.4) is 0 Å². The molecule has 0 unspecified atom stereocenters. The van der Waals surface area contributed by atoms with Gasteiger partial charge in [-0.15, -0.1) is 0 Å². The van der Waals surface area contributed by atoms with Gasteiger partial charge < -0.3 is 9.51 Å². The molecule has 0 aromatic carbocycles. The van der Waals surface area contributed by atoms with Gasteiger partial charge in [0.2, 0.25) is 0 Å². The van der Waals surface area contributed by atoms with E-state index in [2.05, 4.69) is 4.98 Å². The van der Waals surface area contributed by atoms with Crippen LogP contribution in [0.1, 0.15) is 30.8 Å². The van der Waals surface area contributed by atoms with Crippen molar-refractivity contribution >= 4 is 5.65 Å². The van der Waals surface area contributed by atoms with E-state index >= 15 is 0 Å². The molecule has 0 aliphatic rings. The van der Waals surface area contributed by atoms with E-state index in [0.717, 1.165) is 4.40 Å². The molecular weight excluding hydrogens is 259 g/mol. The van der Waals surface area contributed by atoms with Crippen molar-refractivity contribution < 1.29 is 18.3 Å². The maximum absolute atomic E-state index is 12.9. The lowest BCUT2D eigenvalue weighted by atomic mass is 10.0. The summed E-state index contributed by atoms with van der Waals surface area (Å²) < 4.78 is 40.0. The standard InChI is InChI=1S/C12H10F3N3O/c1-11(2,19)10-9(12(13,14)15)17-8-5-7(6-16)3-4-18(8)10/h3-5,19H,1-2H3. The lowest BCUT2D eigenvalue weighted by Gasteiger charge is -2.19. The van der Waals surface area contributed by atoms with Crippen LogP contribution >= 0.6 is 0 Å². The molecular formula is C12H10F3N3O. The van der Waals surface area contributed by atoms with Crippen LogP contribution in [0.15, 0.2) is 18.3 Å². The Balaban J connectivity index is 2.86. The van der Waals surface area contributed by atoms with Gasteiger partial charge in [-0.3, -0.25) is 0 Å². The summed E-state index contributed by atoms with van der Waals surface area (Å²) in [6.45, 7) is 2.51. The van der Waals surface area contributed by atoms with E-state index < -0.39 is 17.5 Å². The predicted octanol–water partition coefficient (Wildman–Crippen LogP) is 2.45. The third kappa shape index (κ3) is 2.27. The Labute approximate surface area is 106 Å². The summed E-state index contributed by atoms with van der Waals surface area (Å²) in [4.78, 5) is 3.49. The SMILES string of the molecule is CC(C)(O)c1c(C(F)(F)F)nc2cc(C#N)ccn12. The fourth-order valence-corrected chi connectivity index (χ4v) is 1.90. The highest BCUT2D eigenvalue weighted by atomic mass is 19.4. The van der Waals surface area contributed by atoms with E-state index in [-0.39, 0.29) is 16.9 Å². The summed E-state index contributed by atoms with van der Waals surface area (Å²) in [5, 5.41) is 18.7. The Bertz CT molecular complexity index is 674. The number of aromatic nitrogens is 2. The molecule has 0 amide bonds. The van der Waals surface area contributed by atoms with Gasteiger partial charge in [-0.1, -0.05) is 0 Å². The number of nitrogens with zero attached hydrogens (tertiary/aromatic N) is 3. The van der Waals surface area contributed by atoms with Gasteiger partial charge in [0, 0.05) is 6.20 Å². The molecule has 2 rings (SSSR count). The van der Waals surface area contributed by atoms with Crippen molar-refractivity contribution in [1.82, 2.24) is 9.38 Å². The number of hydrogen-bond acceptors (Lipinski definition) is 3. The van der Waals surface area contributed by atoms with Crippen LogP contribution in [0, 0.1) is 11.3 Å². The van der Waals surface area contributed by atoms with Crippen molar-refractivity contribution in [2.24, 2.45) is 0 Å². The monoisotopic (exact) mass is 269 g/mol. The van der Waals surface area contributed by atoms with E-state index in [1.54, 1.807) is 0 Å². The fraction of sp³-hybridized carbons (Fsp3) is 0.333. The molecule has 19 heavy (non-hydrogen) atoms. The molecule has 0 bridgehead atoms. The number of imidazole rings is 1. The van der Waals surface area contributed by atoms with E-state index in [1.807, 2.05) is 6.07 Å². The second-order valence-corrected chi connectivity index (χ2v) is 4.62. The number of fused-ring (bicyclic) bond motifs is 1. The van der Waals surface area contributed by atoms with Gasteiger partial charge in [0.1, 0.15) is 11.2 Å². The average molecular weight is 269 g/mol. The number of rotatable bonds is 1. The Morgan fingerprint density at radius 2 is 2.00 bits per heavy atom. The maximum atomic E-state index is 12.9. The van der Waals surface area contributed by atoms with Gasteiger partial charge >= 0.3 is 6.18 Å². The van der Waals surface area contributed by atoms with Crippen molar-refractivity contribution in [3.05, 3.63) is 35.3 Å². The second-order valence-electron chi connectivity index (χ2n) is 4.62. The van der Waals surface area contributed by atoms with Gasteiger partial charge in [-0.05, 0) is 26.0 Å². The molecule has 2 heterocycles. The van der Waals surface area contributed by atoms with Gasteiger partial charge in [0.05, 0.1) is 17.3 Å². The smallest absolute Gasteiger partial charge is 0.384 e. The summed E-state index contributed by atoms with van der Waals surface area (Å²) in [7, 11) is 0. The lowest BCUT2D eigenvalue weighted by molar-refractivity contribution is -0.143. The minimum atomic E-state index is -4.67. The molecule has 7 heteroatoms. The molecule has 2 aromatic rings. The molecule has 1 N–H and O–H groups in total. The lowest BCUT2D eigenvalue weighted by Crippen LogP contribution is -2.23. The first kappa shape index (κ1) is 13.4. The summed E-state index contributed by atoms with van der Waals surface area (Å²) in [6.07, 6.45) is -3.38. The first-order valence-electron chi connectivity index (χ1n) is 5.37. The Kier molecular flexibility index (Phi) is 2.79. The third-order valence-electron chi connectivity index (χ3n) is 2.60. The molecule has 0 radical (unpaired) electrons. The van der Waals surface area contributed by atoms with E-state index in [0.29, 0.717) is 0 Å². The molecule has 0 aliphatic heterocycles. The van der Waals surface area contributed by atoms with Crippen LogP contribution in [-0.2, 0) is 11.8 Å². The minimum absolute atomic E-state index is 0.0245. The quantitative estimate of drug-likeness (QED) is 0.865. The highest BCUT2D eigenvalue weighted by Gasteiger charge is 2.41. The number of hydrogen-bond donors (Lipinski definition) is 1. The maximum Gasteiger partial charge on any atom is 0.435 e. The Morgan fingerprint density at radius 3 is 2.47 bits per heavy atom. The second kappa shape index (κ2) is 3.96. The van der Waals surface area contributed by atoms with Crippen LogP contribution in [0.2, 0.25) is 0 Å². The largest absolute Gasteiger partial charge is 0.435 e. The summed E-state index contributed by atoms with van der Waals surface area (Å²) >= 11 is 0. The van der Waals surface area contributed by atoms with Crippen LogP contribution in [0.5, 0.6) is 0 Å². The van der Waals surface area contributed by atoms with Gasteiger partial charge in [-0.2, -0.15) is 18.4 Å². The summed E-state index contributed by atoms with van der Waals surface area (Å²) in [5.74, 6) is 0. The van der Waals surface area contributed by atoms with E-state index in [1.165, 1.54) is 32.2 Å². The zero-order valence-electron chi connectivity index (χ0n) is 10.2. The first-order chi connectivity index (χ1) is 8.64. The van der Waals surface area contributed by atoms with Crippen LogP contribution in [0.25, 0.3) is 5.65 Å². The van der Waals surface area contributed by atoms with Gasteiger partial charge in [-0.25, -0.2) is 4.98 Å². The highest BCUT2D eigenvalue weighted by Crippen LogP contribution is 2.36. The van der Waals surface area contributed by atoms with Crippen LogP contribution < -0.4 is 0 Å². The van der Waals surface area contributed by atoms with Crippen molar-refractivity contribution in [3.8, 4) is 6.07 Å². The Hall–Kier alpha value is -2.07. The number of nitriles is 1. The molecule has 0 spiro atoms. The molecule has 0 fully saturated rings. The topological polar surface area (TPSA) is 61.3 Å². The van der Waals surface area contributed by atoms with Crippen molar-refractivity contribution in [2.75, 3.05) is 0 Å². The summed E-state index contributed by atoms with van der Waals surface area (Å²) in [6, 6.07) is 4.43. The van der Waals surface area contributed by atoms with E-state index in [4.69, 9.17) is 5.26 Å². The van der Waals surface area contributed by atoms with Gasteiger partial charge in [0.15, 0.2) is 5.69 Å². The van der Waals surface area contributed by atoms with Crippen molar-refractivity contribution in [2.45, 2.75) is 25.6 Å². The average Bonchev–Trinajstić information content (AvgIpc) is 2.66. The normalized spacial score (nSPS) is 12.7. The molecule has 0 aliphatic carbocycles. The molecule has 0 saturated carbocycles. The number of pyridine rings is 1. The van der Waals surface area contributed by atoms with Crippen molar-refractivity contribution in [3.63, 3.8) is 0 Å². The number of aliphatic hydroxyl groups is 1. The van der Waals surface area contributed by atoms with Crippen LogP contribution in [0.4, 0.5) is 13.2 Å². The molecule has 100 valence electrons. The van der Waals surface area contributed by atoms with Gasteiger partial charge in [0.25, 0.3) is 0 Å². The van der Waals surface area contributed by atoms with E-state index in [9.17, 15) is 18.3 Å². The van der Waals surface area contributed by atoms with Crippen molar-refractivity contribution in [1.29, 1.82) is 5.26 Å². The molecule has 2 aromatic heterocycles. The molecule has 4 nitrogen and oxygen atoms in total. The predicted molar refractivity (Wildman–Crippen MR) is 60.2 cm³/mol. The minimum Gasteiger partial charge on any atom is -0.384 e.